The molecule has 3 radical (unpaired) electrons. The first-order chi connectivity index (χ1) is 6.83. The van der Waals surface area contributed by atoms with Crippen molar-refractivity contribution in [3.05, 3.63) is 35.9 Å². The molecule has 0 atom stereocenters. The van der Waals surface area contributed by atoms with Gasteiger partial charge in [-0.25, -0.2) is 0 Å². The lowest BCUT2D eigenvalue weighted by Gasteiger charge is -2.10. The maximum absolute atomic E-state index is 5.20. The largest absolute Gasteiger partial charge is 0.540 e. The van der Waals surface area contributed by atoms with E-state index in [0.29, 0.717) is 0 Å². The Balaban J connectivity index is 2.96. The lowest BCUT2D eigenvalue weighted by molar-refractivity contribution is 0.599. The minimum absolute atomic E-state index is 0.896. The molecule has 0 aliphatic carbocycles. The Morgan fingerprint density at radius 3 is 2.86 bits per heavy atom. The maximum Gasteiger partial charge on any atom is 0.341 e. The predicted octanol–water partition coefficient (Wildman–Crippen LogP) is 3.13. The summed E-state index contributed by atoms with van der Waals surface area (Å²) in [5.41, 5.74) is 2.27. The van der Waals surface area contributed by atoms with Crippen molar-refractivity contribution in [2.75, 3.05) is 0 Å². The van der Waals surface area contributed by atoms with Crippen molar-refractivity contribution >= 4 is 16.6 Å². The highest BCUT2D eigenvalue weighted by molar-refractivity contribution is 6.00. The summed E-state index contributed by atoms with van der Waals surface area (Å²) in [5.74, 6) is 0.896. The summed E-state index contributed by atoms with van der Waals surface area (Å²) in [6.45, 7) is 5.95. The van der Waals surface area contributed by atoms with E-state index in [0.717, 1.165) is 17.7 Å². The van der Waals surface area contributed by atoms with Gasteiger partial charge in [-0.2, -0.15) is 0 Å². The average Bonchev–Trinajstić information content (AvgIpc) is 2.25. The summed E-state index contributed by atoms with van der Waals surface area (Å²) in [4.78, 5) is 0. The van der Waals surface area contributed by atoms with Gasteiger partial charge < -0.3 is 4.43 Å². The minimum atomic E-state index is 0.896. The standard InChI is InChI=1S/C12H15OSi/c1-3-5-7-11-9-6-8-10(4-2)12(11)13-14/h4,6,8-9H,2-3,5,7H2,1H3. The summed E-state index contributed by atoms with van der Waals surface area (Å²) in [7, 11) is 3.09. The first kappa shape index (κ1) is 11.1. The van der Waals surface area contributed by atoms with E-state index in [-0.39, 0.29) is 0 Å². The van der Waals surface area contributed by atoms with E-state index in [1.807, 2.05) is 18.2 Å². The molecule has 0 aliphatic heterocycles. The predicted molar refractivity (Wildman–Crippen MR) is 61.5 cm³/mol. The first-order valence-electron chi connectivity index (χ1n) is 4.91. The van der Waals surface area contributed by atoms with Gasteiger partial charge in [0.2, 0.25) is 0 Å². The summed E-state index contributed by atoms with van der Waals surface area (Å²) in [5, 5.41) is 0. The van der Waals surface area contributed by atoms with Crippen LogP contribution in [0.3, 0.4) is 0 Å². The molecule has 0 N–H and O–H groups in total. The molecular formula is C12H15OSi. The molecule has 1 nitrogen and oxygen atoms in total. The number of rotatable bonds is 5. The number of benzene rings is 1. The molecule has 0 bridgehead atoms. The van der Waals surface area contributed by atoms with Crippen molar-refractivity contribution in [3.63, 3.8) is 0 Å². The van der Waals surface area contributed by atoms with Crippen molar-refractivity contribution in [3.8, 4) is 5.75 Å². The zero-order valence-electron chi connectivity index (χ0n) is 8.55. The topological polar surface area (TPSA) is 9.23 Å². The van der Waals surface area contributed by atoms with Crippen LogP contribution in [-0.2, 0) is 6.42 Å². The molecule has 0 saturated heterocycles. The fraction of sp³-hybridized carbons (Fsp3) is 0.333. The first-order valence-corrected chi connectivity index (χ1v) is 5.32. The Kier molecular flexibility index (Phi) is 4.46. The van der Waals surface area contributed by atoms with Gasteiger partial charge in [0.05, 0.1) is 0 Å². The highest BCUT2D eigenvalue weighted by Crippen LogP contribution is 2.25. The van der Waals surface area contributed by atoms with E-state index < -0.39 is 0 Å². The summed E-state index contributed by atoms with van der Waals surface area (Å²) in [6.07, 6.45) is 5.24. The van der Waals surface area contributed by atoms with Crippen LogP contribution >= 0.6 is 0 Å². The smallest absolute Gasteiger partial charge is 0.341 e. The van der Waals surface area contributed by atoms with Crippen molar-refractivity contribution < 1.29 is 4.43 Å². The molecule has 1 aromatic carbocycles. The molecule has 0 amide bonds. The molecule has 0 aromatic heterocycles. The van der Waals surface area contributed by atoms with Crippen LogP contribution in [0.15, 0.2) is 24.8 Å². The van der Waals surface area contributed by atoms with Gasteiger partial charge in [0, 0.05) is 5.56 Å². The second kappa shape index (κ2) is 5.65. The fourth-order valence-corrected chi connectivity index (χ4v) is 1.70. The van der Waals surface area contributed by atoms with Crippen LogP contribution in [0.25, 0.3) is 6.08 Å². The number of unbranched alkanes of at least 4 members (excludes halogenated alkanes) is 1. The van der Waals surface area contributed by atoms with Gasteiger partial charge in [-0.1, -0.05) is 44.2 Å². The highest BCUT2D eigenvalue weighted by Gasteiger charge is 2.05. The van der Waals surface area contributed by atoms with Crippen molar-refractivity contribution in [1.29, 1.82) is 0 Å². The van der Waals surface area contributed by atoms with Crippen LogP contribution in [0, 0.1) is 0 Å². The Morgan fingerprint density at radius 1 is 1.50 bits per heavy atom. The molecule has 0 fully saturated rings. The van der Waals surface area contributed by atoms with Gasteiger partial charge in [-0.3, -0.25) is 0 Å². The summed E-state index contributed by atoms with van der Waals surface area (Å²) >= 11 is 0. The minimum Gasteiger partial charge on any atom is -0.540 e. The van der Waals surface area contributed by atoms with Crippen molar-refractivity contribution in [1.82, 2.24) is 0 Å². The molecule has 1 rings (SSSR count). The zero-order valence-corrected chi connectivity index (χ0v) is 9.55. The molecule has 0 spiro atoms. The van der Waals surface area contributed by atoms with Crippen LogP contribution < -0.4 is 4.43 Å². The van der Waals surface area contributed by atoms with E-state index in [1.54, 1.807) is 0 Å². The zero-order chi connectivity index (χ0) is 10.4. The molecule has 1 aromatic rings. The van der Waals surface area contributed by atoms with Gasteiger partial charge in [-0.05, 0) is 18.4 Å². The van der Waals surface area contributed by atoms with Crippen LogP contribution in [0.5, 0.6) is 5.75 Å². The van der Waals surface area contributed by atoms with E-state index in [1.165, 1.54) is 18.4 Å². The Labute approximate surface area is 89.3 Å². The van der Waals surface area contributed by atoms with Gasteiger partial charge >= 0.3 is 10.5 Å². The monoisotopic (exact) mass is 203 g/mol. The number of aryl methyl sites for hydroxylation is 1. The third-order valence-corrected chi connectivity index (χ3v) is 2.45. The Bertz CT molecular complexity index is 307. The molecule has 73 valence electrons. The van der Waals surface area contributed by atoms with Crippen LogP contribution in [-0.4, -0.2) is 10.5 Å². The summed E-state index contributed by atoms with van der Waals surface area (Å²) < 4.78 is 5.20. The molecule has 2 heteroatoms. The second-order valence-corrected chi connectivity index (χ2v) is 3.45. The van der Waals surface area contributed by atoms with Gasteiger partial charge in [0.25, 0.3) is 0 Å². The van der Waals surface area contributed by atoms with E-state index in [2.05, 4.69) is 30.1 Å². The quantitative estimate of drug-likeness (QED) is 0.668. The molecule has 14 heavy (non-hydrogen) atoms. The van der Waals surface area contributed by atoms with Crippen LogP contribution in [0.4, 0.5) is 0 Å². The van der Waals surface area contributed by atoms with Gasteiger partial charge in [0.1, 0.15) is 5.75 Å². The van der Waals surface area contributed by atoms with Crippen LogP contribution in [0.2, 0.25) is 0 Å². The molecular weight excluding hydrogens is 188 g/mol. The lowest BCUT2D eigenvalue weighted by atomic mass is 10.0. The second-order valence-electron chi connectivity index (χ2n) is 3.25. The molecule has 0 unspecified atom stereocenters. The number of hydrogen-bond donors (Lipinski definition) is 0. The summed E-state index contributed by atoms with van der Waals surface area (Å²) in [6, 6.07) is 6.13. The Hall–Kier alpha value is -1.02. The van der Waals surface area contributed by atoms with Crippen molar-refractivity contribution in [2.24, 2.45) is 0 Å². The molecule has 0 aliphatic rings. The third kappa shape index (κ3) is 2.48. The average molecular weight is 203 g/mol. The molecule has 0 saturated carbocycles. The van der Waals surface area contributed by atoms with E-state index >= 15 is 0 Å². The SMILES string of the molecule is C=Cc1cccc(CCCC)c1O[Si]. The maximum atomic E-state index is 5.20. The molecule has 0 heterocycles. The Morgan fingerprint density at radius 2 is 2.29 bits per heavy atom. The van der Waals surface area contributed by atoms with Gasteiger partial charge in [-0.15, -0.1) is 0 Å². The van der Waals surface area contributed by atoms with E-state index in [4.69, 9.17) is 4.43 Å². The lowest BCUT2D eigenvalue weighted by Crippen LogP contribution is -1.95. The van der Waals surface area contributed by atoms with Gasteiger partial charge in [0.15, 0.2) is 0 Å². The van der Waals surface area contributed by atoms with Crippen LogP contribution in [0.1, 0.15) is 30.9 Å². The fourth-order valence-electron chi connectivity index (χ4n) is 1.45. The highest BCUT2D eigenvalue weighted by atomic mass is 28.2. The van der Waals surface area contributed by atoms with Crippen molar-refractivity contribution in [2.45, 2.75) is 26.2 Å². The normalized spacial score (nSPS) is 9.86. The number of hydrogen-bond acceptors (Lipinski definition) is 1. The number of para-hydroxylation sites is 1. The third-order valence-electron chi connectivity index (χ3n) is 2.25. The van der Waals surface area contributed by atoms with E-state index in [9.17, 15) is 0 Å².